The Morgan fingerprint density at radius 1 is 1.50 bits per heavy atom. The van der Waals surface area contributed by atoms with E-state index in [1.807, 2.05) is 12.1 Å². The van der Waals surface area contributed by atoms with E-state index >= 15 is 0 Å². The molecule has 0 radical (unpaired) electrons. The third kappa shape index (κ3) is 4.35. The largest absolute Gasteiger partial charge is 0.467 e. The highest BCUT2D eigenvalue weighted by atomic mass is 16.5. The van der Waals surface area contributed by atoms with Gasteiger partial charge in [0, 0.05) is 18.6 Å². The third-order valence-electron chi connectivity index (χ3n) is 3.83. The van der Waals surface area contributed by atoms with E-state index < -0.39 is 0 Å². The van der Waals surface area contributed by atoms with Gasteiger partial charge in [0.15, 0.2) is 0 Å². The average Bonchev–Trinajstić information content (AvgIpc) is 2.96. The SMILES string of the molecule is CC1(C(=O)NCCCOCc2ccco2)CCNCC1. The van der Waals surface area contributed by atoms with Crippen LogP contribution in [-0.4, -0.2) is 32.1 Å². The maximum atomic E-state index is 12.1. The first kappa shape index (κ1) is 15.1. The molecule has 0 saturated carbocycles. The zero-order valence-electron chi connectivity index (χ0n) is 12.1. The van der Waals surface area contributed by atoms with Crippen LogP contribution in [0.3, 0.4) is 0 Å². The lowest BCUT2D eigenvalue weighted by atomic mass is 9.80. The van der Waals surface area contributed by atoms with Gasteiger partial charge in [0.2, 0.25) is 5.91 Å². The molecule has 0 spiro atoms. The minimum absolute atomic E-state index is 0.171. The summed E-state index contributed by atoms with van der Waals surface area (Å²) < 4.78 is 10.6. The van der Waals surface area contributed by atoms with E-state index in [9.17, 15) is 4.79 Å². The summed E-state index contributed by atoms with van der Waals surface area (Å²) in [5, 5.41) is 6.30. The molecule has 1 amide bonds. The number of hydrogen-bond acceptors (Lipinski definition) is 4. The summed E-state index contributed by atoms with van der Waals surface area (Å²) in [5.74, 6) is 1.00. The number of rotatable bonds is 7. The smallest absolute Gasteiger partial charge is 0.226 e. The van der Waals surface area contributed by atoms with Gasteiger partial charge >= 0.3 is 0 Å². The van der Waals surface area contributed by atoms with Crippen LogP contribution in [-0.2, 0) is 16.1 Å². The van der Waals surface area contributed by atoms with E-state index in [2.05, 4.69) is 17.6 Å². The van der Waals surface area contributed by atoms with Crippen molar-refractivity contribution in [1.82, 2.24) is 10.6 Å². The fourth-order valence-electron chi connectivity index (χ4n) is 2.36. The minimum Gasteiger partial charge on any atom is -0.467 e. The Morgan fingerprint density at radius 2 is 2.30 bits per heavy atom. The highest BCUT2D eigenvalue weighted by molar-refractivity contribution is 5.82. The summed E-state index contributed by atoms with van der Waals surface area (Å²) in [6, 6.07) is 3.73. The van der Waals surface area contributed by atoms with Crippen molar-refractivity contribution in [3.05, 3.63) is 24.2 Å². The summed E-state index contributed by atoms with van der Waals surface area (Å²) in [6.07, 6.45) is 4.28. The van der Waals surface area contributed by atoms with Gasteiger partial charge in [-0.05, 0) is 44.5 Å². The van der Waals surface area contributed by atoms with Gasteiger partial charge in [-0.3, -0.25) is 4.79 Å². The maximum Gasteiger partial charge on any atom is 0.226 e. The van der Waals surface area contributed by atoms with Gasteiger partial charge in [-0.2, -0.15) is 0 Å². The number of furan rings is 1. The molecule has 1 aromatic rings. The Kier molecular flexibility index (Phi) is 5.61. The highest BCUT2D eigenvalue weighted by Gasteiger charge is 2.33. The Bertz CT molecular complexity index is 397. The second-order valence-corrected chi connectivity index (χ2v) is 5.55. The van der Waals surface area contributed by atoms with Crippen LogP contribution in [0.5, 0.6) is 0 Å². The number of ether oxygens (including phenoxy) is 1. The van der Waals surface area contributed by atoms with Crippen LogP contribution in [0, 0.1) is 5.41 Å². The van der Waals surface area contributed by atoms with Crippen LogP contribution in [0.2, 0.25) is 0 Å². The van der Waals surface area contributed by atoms with Crippen molar-refractivity contribution in [2.75, 3.05) is 26.2 Å². The van der Waals surface area contributed by atoms with Crippen LogP contribution in [0.1, 0.15) is 31.9 Å². The van der Waals surface area contributed by atoms with Crippen molar-refractivity contribution in [3.8, 4) is 0 Å². The predicted molar refractivity (Wildman–Crippen MR) is 76.2 cm³/mol. The second kappa shape index (κ2) is 7.45. The number of hydrogen-bond donors (Lipinski definition) is 2. The Labute approximate surface area is 120 Å². The van der Waals surface area contributed by atoms with Gasteiger partial charge in [-0.15, -0.1) is 0 Å². The van der Waals surface area contributed by atoms with Crippen LogP contribution >= 0.6 is 0 Å². The molecule has 0 bridgehead atoms. The van der Waals surface area contributed by atoms with Crippen molar-refractivity contribution >= 4 is 5.91 Å². The molecule has 0 unspecified atom stereocenters. The maximum absolute atomic E-state index is 12.1. The lowest BCUT2D eigenvalue weighted by molar-refractivity contribution is -0.131. The summed E-state index contributed by atoms with van der Waals surface area (Å²) in [6.45, 7) is 5.69. The van der Waals surface area contributed by atoms with Crippen LogP contribution in [0.15, 0.2) is 22.8 Å². The van der Waals surface area contributed by atoms with E-state index in [1.165, 1.54) is 0 Å². The van der Waals surface area contributed by atoms with E-state index in [0.29, 0.717) is 19.8 Å². The van der Waals surface area contributed by atoms with Crippen LogP contribution in [0.25, 0.3) is 0 Å². The minimum atomic E-state index is -0.208. The summed E-state index contributed by atoms with van der Waals surface area (Å²) in [7, 11) is 0. The molecule has 5 nitrogen and oxygen atoms in total. The molecule has 2 rings (SSSR count). The van der Waals surface area contributed by atoms with E-state index in [4.69, 9.17) is 9.15 Å². The van der Waals surface area contributed by atoms with Gasteiger partial charge in [0.25, 0.3) is 0 Å². The van der Waals surface area contributed by atoms with Crippen LogP contribution in [0.4, 0.5) is 0 Å². The average molecular weight is 280 g/mol. The molecule has 112 valence electrons. The molecule has 0 aliphatic carbocycles. The first-order valence-electron chi connectivity index (χ1n) is 7.30. The molecule has 0 aromatic carbocycles. The first-order chi connectivity index (χ1) is 9.71. The van der Waals surface area contributed by atoms with Crippen molar-refractivity contribution in [2.24, 2.45) is 5.41 Å². The summed E-state index contributed by atoms with van der Waals surface area (Å²) in [5.41, 5.74) is -0.208. The standard InChI is InChI=1S/C15H24N2O3/c1-15(5-8-16-9-6-15)14(18)17-7-3-10-19-12-13-4-2-11-20-13/h2,4,11,16H,3,5-10,12H2,1H3,(H,17,18). The number of carbonyl (C=O) groups excluding carboxylic acids is 1. The molecular weight excluding hydrogens is 256 g/mol. The second-order valence-electron chi connectivity index (χ2n) is 5.55. The Balaban J connectivity index is 1.55. The number of nitrogens with one attached hydrogen (secondary N) is 2. The molecule has 1 aliphatic heterocycles. The monoisotopic (exact) mass is 280 g/mol. The summed E-state index contributed by atoms with van der Waals surface area (Å²) >= 11 is 0. The van der Waals surface area contributed by atoms with Gasteiger partial charge in [0.1, 0.15) is 12.4 Å². The van der Waals surface area contributed by atoms with Crippen molar-refractivity contribution in [2.45, 2.75) is 32.8 Å². The van der Waals surface area contributed by atoms with E-state index in [1.54, 1.807) is 6.26 Å². The van der Waals surface area contributed by atoms with Gasteiger partial charge in [-0.25, -0.2) is 0 Å². The zero-order chi connectivity index (χ0) is 14.3. The van der Waals surface area contributed by atoms with E-state index in [0.717, 1.165) is 38.1 Å². The highest BCUT2D eigenvalue weighted by Crippen LogP contribution is 2.27. The zero-order valence-corrected chi connectivity index (χ0v) is 12.1. The molecule has 2 N–H and O–H groups in total. The summed E-state index contributed by atoms with van der Waals surface area (Å²) in [4.78, 5) is 12.1. The molecule has 1 fully saturated rings. The van der Waals surface area contributed by atoms with Gasteiger partial charge in [-0.1, -0.05) is 6.92 Å². The fourth-order valence-corrected chi connectivity index (χ4v) is 2.36. The molecular formula is C15H24N2O3. The Morgan fingerprint density at radius 3 is 3.00 bits per heavy atom. The first-order valence-corrected chi connectivity index (χ1v) is 7.30. The lowest BCUT2D eigenvalue weighted by Crippen LogP contribution is -2.46. The van der Waals surface area contributed by atoms with Crippen LogP contribution < -0.4 is 10.6 Å². The normalized spacial score (nSPS) is 17.9. The van der Waals surface area contributed by atoms with Crippen molar-refractivity contribution < 1.29 is 13.9 Å². The fraction of sp³-hybridized carbons (Fsp3) is 0.667. The third-order valence-corrected chi connectivity index (χ3v) is 3.83. The quantitative estimate of drug-likeness (QED) is 0.746. The van der Waals surface area contributed by atoms with Crippen molar-refractivity contribution in [3.63, 3.8) is 0 Å². The molecule has 1 aromatic heterocycles. The molecule has 20 heavy (non-hydrogen) atoms. The number of amides is 1. The molecule has 2 heterocycles. The van der Waals surface area contributed by atoms with Gasteiger partial charge < -0.3 is 19.8 Å². The lowest BCUT2D eigenvalue weighted by Gasteiger charge is -2.32. The van der Waals surface area contributed by atoms with Crippen molar-refractivity contribution in [1.29, 1.82) is 0 Å². The predicted octanol–water partition coefficient (Wildman–Crippen LogP) is 1.69. The molecule has 5 heteroatoms. The molecule has 0 atom stereocenters. The molecule has 1 saturated heterocycles. The number of piperidine rings is 1. The topological polar surface area (TPSA) is 63.5 Å². The Hall–Kier alpha value is -1.33. The van der Waals surface area contributed by atoms with E-state index in [-0.39, 0.29) is 11.3 Å². The number of carbonyl (C=O) groups is 1. The van der Waals surface area contributed by atoms with Gasteiger partial charge in [0.05, 0.1) is 6.26 Å². The molecule has 1 aliphatic rings.